The van der Waals surface area contributed by atoms with Gasteiger partial charge in [0.25, 0.3) is 11.8 Å². The number of carbonyl (C=O) groups is 2. The first-order valence-electron chi connectivity index (χ1n) is 6.99. The van der Waals surface area contributed by atoms with Gasteiger partial charge in [-0.3, -0.25) is 14.8 Å². The van der Waals surface area contributed by atoms with Crippen LogP contribution in [0.1, 0.15) is 21.5 Å². The normalized spacial score (nSPS) is 10.9. The summed E-state index contributed by atoms with van der Waals surface area (Å²) in [5.74, 6) is -0.994. The molecule has 0 fully saturated rings. The predicted octanol–water partition coefficient (Wildman–Crippen LogP) is 0.763. The van der Waals surface area contributed by atoms with E-state index in [0.717, 1.165) is 5.56 Å². The smallest absolute Gasteiger partial charge is 0.271 e. The summed E-state index contributed by atoms with van der Waals surface area (Å²) >= 11 is 0. The Labute approximate surface area is 140 Å². The SMILES string of the molecule is [B]c1cccc(C=NNC(=O)c2ccc(C=CC(=O)NO)cc2)c1. The lowest BCUT2D eigenvalue weighted by Crippen LogP contribution is -2.17. The second-order valence-electron chi connectivity index (χ2n) is 4.80. The molecular formula is C17H14BN3O3. The molecule has 0 aromatic heterocycles. The summed E-state index contributed by atoms with van der Waals surface area (Å²) in [7, 11) is 5.65. The van der Waals surface area contributed by atoms with E-state index in [1.165, 1.54) is 23.8 Å². The number of hydrazone groups is 1. The first kappa shape index (κ1) is 17.2. The van der Waals surface area contributed by atoms with Crippen LogP contribution in [0, 0.1) is 0 Å². The largest absolute Gasteiger partial charge is 0.288 e. The van der Waals surface area contributed by atoms with Gasteiger partial charge in [0.15, 0.2) is 0 Å². The van der Waals surface area contributed by atoms with E-state index in [4.69, 9.17) is 13.1 Å². The zero-order chi connectivity index (χ0) is 17.4. The Morgan fingerprint density at radius 1 is 1.08 bits per heavy atom. The van der Waals surface area contributed by atoms with Crippen molar-refractivity contribution in [3.8, 4) is 0 Å². The van der Waals surface area contributed by atoms with Crippen LogP contribution in [0.25, 0.3) is 6.08 Å². The molecule has 0 bridgehead atoms. The topological polar surface area (TPSA) is 90.8 Å². The number of benzene rings is 2. The summed E-state index contributed by atoms with van der Waals surface area (Å²) in [6.07, 6.45) is 4.18. The lowest BCUT2D eigenvalue weighted by Gasteiger charge is -2.01. The minimum atomic E-state index is -0.632. The van der Waals surface area contributed by atoms with Gasteiger partial charge in [0.05, 0.1) is 6.21 Å². The van der Waals surface area contributed by atoms with Gasteiger partial charge >= 0.3 is 0 Å². The van der Waals surface area contributed by atoms with Crippen molar-refractivity contribution in [2.24, 2.45) is 5.10 Å². The molecule has 0 aliphatic rings. The van der Waals surface area contributed by atoms with Gasteiger partial charge in [0.1, 0.15) is 7.85 Å². The molecule has 0 atom stereocenters. The number of hydrogen-bond acceptors (Lipinski definition) is 4. The van der Waals surface area contributed by atoms with Crippen LogP contribution in [0.2, 0.25) is 0 Å². The fourth-order valence-corrected chi connectivity index (χ4v) is 1.82. The Balaban J connectivity index is 1.95. The molecule has 24 heavy (non-hydrogen) atoms. The standard InChI is InChI=1S/C17H14BN3O3/c18-15-3-1-2-13(10-15)11-19-20-17(23)14-7-4-12(5-8-14)6-9-16(22)21-24/h1-11,24H,(H,20,23)(H,21,22). The van der Waals surface area contributed by atoms with Gasteiger partial charge in [0.2, 0.25) is 0 Å². The molecule has 2 aromatic carbocycles. The molecule has 3 N–H and O–H groups in total. The van der Waals surface area contributed by atoms with E-state index < -0.39 is 5.91 Å². The molecule has 0 aliphatic heterocycles. The Morgan fingerprint density at radius 3 is 2.50 bits per heavy atom. The monoisotopic (exact) mass is 319 g/mol. The van der Waals surface area contributed by atoms with Crippen LogP contribution in [-0.2, 0) is 4.79 Å². The van der Waals surface area contributed by atoms with Crippen molar-refractivity contribution in [2.45, 2.75) is 0 Å². The molecule has 0 saturated carbocycles. The summed E-state index contributed by atoms with van der Waals surface area (Å²) in [5.41, 5.74) is 6.43. The molecular weight excluding hydrogens is 305 g/mol. The minimum absolute atomic E-state index is 0.362. The van der Waals surface area contributed by atoms with Crippen LogP contribution in [0.4, 0.5) is 0 Å². The second-order valence-corrected chi connectivity index (χ2v) is 4.80. The van der Waals surface area contributed by atoms with Gasteiger partial charge < -0.3 is 0 Å². The average molecular weight is 319 g/mol. The van der Waals surface area contributed by atoms with E-state index in [2.05, 4.69) is 10.5 Å². The summed E-state index contributed by atoms with van der Waals surface area (Å²) in [4.78, 5) is 22.8. The molecule has 2 amide bonds. The van der Waals surface area contributed by atoms with E-state index >= 15 is 0 Å². The molecule has 2 radical (unpaired) electrons. The molecule has 6 nitrogen and oxygen atoms in total. The number of rotatable bonds is 5. The lowest BCUT2D eigenvalue weighted by atomic mass is 9.95. The predicted molar refractivity (Wildman–Crippen MR) is 92.3 cm³/mol. The Bertz CT molecular complexity index is 786. The van der Waals surface area contributed by atoms with Gasteiger partial charge in [0, 0.05) is 11.6 Å². The van der Waals surface area contributed by atoms with Crippen molar-refractivity contribution in [1.82, 2.24) is 10.9 Å². The van der Waals surface area contributed by atoms with Crippen molar-refractivity contribution >= 4 is 37.4 Å². The van der Waals surface area contributed by atoms with E-state index in [-0.39, 0.29) is 5.91 Å². The number of hydrogen-bond donors (Lipinski definition) is 3. The van der Waals surface area contributed by atoms with E-state index in [9.17, 15) is 9.59 Å². The number of nitrogens with zero attached hydrogens (tertiary/aromatic N) is 1. The summed E-state index contributed by atoms with van der Waals surface area (Å²) in [5, 5.41) is 12.3. The highest BCUT2D eigenvalue weighted by Gasteiger charge is 2.03. The maximum atomic E-state index is 12.0. The summed E-state index contributed by atoms with van der Waals surface area (Å²) in [6.45, 7) is 0. The minimum Gasteiger partial charge on any atom is -0.288 e. The zero-order valence-corrected chi connectivity index (χ0v) is 12.6. The molecule has 0 unspecified atom stereocenters. The first-order chi connectivity index (χ1) is 11.6. The number of nitrogens with one attached hydrogen (secondary N) is 2. The molecule has 2 rings (SSSR count). The molecule has 0 saturated heterocycles. The Kier molecular flexibility index (Phi) is 6.05. The van der Waals surface area contributed by atoms with Gasteiger partial charge in [-0.1, -0.05) is 41.9 Å². The Hall–Kier alpha value is -3.19. The van der Waals surface area contributed by atoms with Crippen LogP contribution in [0.15, 0.2) is 59.7 Å². The quantitative estimate of drug-likeness (QED) is 0.250. The van der Waals surface area contributed by atoms with Crippen molar-refractivity contribution in [3.05, 3.63) is 71.3 Å². The highest BCUT2D eigenvalue weighted by atomic mass is 16.5. The maximum Gasteiger partial charge on any atom is 0.271 e. The van der Waals surface area contributed by atoms with Crippen molar-refractivity contribution < 1.29 is 14.8 Å². The maximum absolute atomic E-state index is 12.0. The van der Waals surface area contributed by atoms with Crippen molar-refractivity contribution in [3.63, 3.8) is 0 Å². The van der Waals surface area contributed by atoms with Crippen molar-refractivity contribution in [1.29, 1.82) is 0 Å². The van der Waals surface area contributed by atoms with E-state index in [1.54, 1.807) is 42.5 Å². The number of amides is 2. The zero-order valence-electron chi connectivity index (χ0n) is 12.6. The lowest BCUT2D eigenvalue weighted by molar-refractivity contribution is -0.124. The summed E-state index contributed by atoms with van der Waals surface area (Å²) in [6, 6.07) is 13.6. The number of hydroxylamine groups is 1. The third kappa shape index (κ3) is 5.22. The van der Waals surface area contributed by atoms with E-state index in [1.807, 2.05) is 6.07 Å². The fraction of sp³-hybridized carbons (Fsp3) is 0. The second kappa shape index (κ2) is 8.45. The first-order valence-corrected chi connectivity index (χ1v) is 6.99. The molecule has 118 valence electrons. The third-order valence-electron chi connectivity index (χ3n) is 3.00. The Morgan fingerprint density at radius 2 is 1.83 bits per heavy atom. The van der Waals surface area contributed by atoms with Crippen LogP contribution >= 0.6 is 0 Å². The third-order valence-corrected chi connectivity index (χ3v) is 3.00. The molecule has 0 heterocycles. The molecule has 7 heteroatoms. The van der Waals surface area contributed by atoms with Gasteiger partial charge in [-0.2, -0.15) is 5.10 Å². The van der Waals surface area contributed by atoms with Crippen LogP contribution < -0.4 is 16.4 Å². The van der Waals surface area contributed by atoms with Crippen LogP contribution in [0.5, 0.6) is 0 Å². The highest BCUT2D eigenvalue weighted by molar-refractivity contribution is 6.32. The van der Waals surface area contributed by atoms with Gasteiger partial charge in [-0.05, 0) is 29.3 Å². The molecule has 2 aromatic rings. The molecule has 0 spiro atoms. The average Bonchev–Trinajstić information content (AvgIpc) is 2.60. The van der Waals surface area contributed by atoms with Gasteiger partial charge in [-0.25, -0.2) is 10.9 Å². The number of carbonyl (C=O) groups excluding carboxylic acids is 2. The van der Waals surface area contributed by atoms with Gasteiger partial charge in [-0.15, -0.1) is 0 Å². The van der Waals surface area contributed by atoms with Crippen LogP contribution in [0.3, 0.4) is 0 Å². The fourth-order valence-electron chi connectivity index (χ4n) is 1.82. The summed E-state index contributed by atoms with van der Waals surface area (Å²) < 4.78 is 0. The van der Waals surface area contributed by atoms with Crippen LogP contribution in [-0.4, -0.2) is 31.1 Å². The van der Waals surface area contributed by atoms with E-state index in [0.29, 0.717) is 16.6 Å². The van der Waals surface area contributed by atoms with Crippen molar-refractivity contribution in [2.75, 3.05) is 0 Å². The molecule has 0 aliphatic carbocycles. The highest BCUT2D eigenvalue weighted by Crippen LogP contribution is 2.06.